The zero-order valence-electron chi connectivity index (χ0n) is 25.0. The minimum Gasteiger partial charge on any atom is -0.508 e. The topological polar surface area (TPSA) is 93.5 Å². The van der Waals surface area contributed by atoms with E-state index in [1.807, 2.05) is 18.2 Å². The Kier molecular flexibility index (Phi) is 7.36. The van der Waals surface area contributed by atoms with Crippen molar-refractivity contribution in [3.05, 3.63) is 53.1 Å². The second kappa shape index (κ2) is 10.6. The van der Waals surface area contributed by atoms with Crippen molar-refractivity contribution < 1.29 is 24.9 Å². The molecule has 2 saturated carbocycles. The Morgan fingerprint density at radius 3 is 2.61 bits per heavy atom. The van der Waals surface area contributed by atoms with Crippen molar-refractivity contribution >= 4 is 5.78 Å². The van der Waals surface area contributed by atoms with E-state index in [-0.39, 0.29) is 17.6 Å². The number of piperidine rings is 1. The van der Waals surface area contributed by atoms with Gasteiger partial charge in [-0.15, -0.1) is 0 Å². The summed E-state index contributed by atoms with van der Waals surface area (Å²) in [6, 6.07) is 11.3. The Labute approximate surface area is 244 Å². The van der Waals surface area contributed by atoms with Gasteiger partial charge in [0.25, 0.3) is 0 Å². The van der Waals surface area contributed by atoms with E-state index >= 15 is 0 Å². The lowest BCUT2D eigenvalue weighted by molar-refractivity contribution is -0.188. The number of nitrogens with zero attached hydrogens (tertiary/aromatic N) is 2. The molecule has 2 heterocycles. The number of Topliss-reactive ketones (excluding diaryl/α,β-unsaturated/α-hetero) is 1. The summed E-state index contributed by atoms with van der Waals surface area (Å²) >= 11 is 0. The van der Waals surface area contributed by atoms with Crippen molar-refractivity contribution in [3.8, 4) is 17.2 Å². The van der Waals surface area contributed by atoms with Crippen LogP contribution in [0.25, 0.3) is 0 Å². The standard InChI is InChI=1S/C20H23NO4.C14H23NO/c22-13-4-3-12-9-15-20(24)6-5-14(23)18-19(20,16(12)17(13)25-18)7-8-21(15)10-11-1-2-11;1-5-14(11(2)10-15(3)4)12-7-6-8-13(16)9-12/h3-4,11,15,18,22,24H,1-2,5-10H2;6-9,11,14,16H,5,10H2,1-4H3/t15-,18+,19+,20-;11-,14+/m10/s1. The molecule has 222 valence electrons. The van der Waals surface area contributed by atoms with Gasteiger partial charge in [-0.3, -0.25) is 9.69 Å². The number of ketones is 1. The number of aromatic hydroxyl groups is 2. The van der Waals surface area contributed by atoms with Crippen LogP contribution in [0.4, 0.5) is 0 Å². The number of rotatable bonds is 7. The molecule has 6 atom stereocenters. The average Bonchev–Trinajstić information content (AvgIpc) is 3.66. The van der Waals surface area contributed by atoms with E-state index in [1.165, 1.54) is 18.4 Å². The van der Waals surface area contributed by atoms with E-state index in [2.05, 4.69) is 43.8 Å². The SMILES string of the molecule is CC[C@@H](c1cccc(O)c1)[C@@H](C)CN(C)C.O=C1CC[C@@]2(O)[C@H]3Cc4ccc(O)c5c4[C@@]2(CCN3CC2CC2)[C@H]1O5. The van der Waals surface area contributed by atoms with Gasteiger partial charge in [-0.05, 0) is 106 Å². The third-order valence-electron chi connectivity index (χ3n) is 10.6. The molecule has 0 amide bonds. The highest BCUT2D eigenvalue weighted by Gasteiger charge is 2.73. The Morgan fingerprint density at radius 2 is 1.93 bits per heavy atom. The molecule has 0 radical (unpaired) electrons. The Morgan fingerprint density at radius 1 is 1.15 bits per heavy atom. The van der Waals surface area contributed by atoms with Crippen molar-refractivity contribution in [1.82, 2.24) is 9.80 Å². The quantitative estimate of drug-likeness (QED) is 0.454. The lowest BCUT2D eigenvalue weighted by atomic mass is 9.49. The molecular formula is C34H46N2O5. The maximum atomic E-state index is 12.7. The number of ether oxygens (including phenoxy) is 1. The summed E-state index contributed by atoms with van der Waals surface area (Å²) in [6.07, 6.45) is 5.44. The molecule has 3 N–H and O–H groups in total. The molecule has 2 aromatic carbocycles. The number of carbonyl (C=O) groups is 1. The van der Waals surface area contributed by atoms with Gasteiger partial charge in [-0.25, -0.2) is 0 Å². The number of hydrogen-bond acceptors (Lipinski definition) is 7. The molecule has 2 aromatic rings. The van der Waals surface area contributed by atoms with Crippen LogP contribution in [-0.2, 0) is 16.6 Å². The van der Waals surface area contributed by atoms with Gasteiger partial charge in [-0.1, -0.05) is 32.0 Å². The van der Waals surface area contributed by atoms with Crippen LogP contribution in [0.3, 0.4) is 0 Å². The van der Waals surface area contributed by atoms with Gasteiger partial charge < -0.3 is 25.0 Å². The smallest absolute Gasteiger partial charge is 0.174 e. The van der Waals surface area contributed by atoms with Crippen molar-refractivity contribution in [1.29, 1.82) is 0 Å². The van der Waals surface area contributed by atoms with Gasteiger partial charge in [-0.2, -0.15) is 0 Å². The fraction of sp³-hybridized carbons (Fsp3) is 0.618. The second-order valence-electron chi connectivity index (χ2n) is 13.6. The Balaban J connectivity index is 0.000000165. The summed E-state index contributed by atoms with van der Waals surface area (Å²) in [4.78, 5) is 17.4. The van der Waals surface area contributed by atoms with Crippen LogP contribution in [-0.4, -0.2) is 82.4 Å². The number of benzene rings is 2. The van der Waals surface area contributed by atoms with E-state index in [4.69, 9.17) is 4.74 Å². The first-order chi connectivity index (χ1) is 19.6. The lowest BCUT2D eigenvalue weighted by Crippen LogP contribution is -2.76. The third kappa shape index (κ3) is 4.65. The van der Waals surface area contributed by atoms with Gasteiger partial charge in [0.1, 0.15) is 5.75 Å². The lowest BCUT2D eigenvalue weighted by Gasteiger charge is -2.62. The van der Waals surface area contributed by atoms with Crippen LogP contribution in [0.15, 0.2) is 36.4 Å². The molecular weight excluding hydrogens is 516 g/mol. The Bertz CT molecular complexity index is 1310. The summed E-state index contributed by atoms with van der Waals surface area (Å²) in [6.45, 7) is 7.52. The minimum atomic E-state index is -0.940. The molecule has 2 aliphatic heterocycles. The van der Waals surface area contributed by atoms with Crippen LogP contribution in [0.5, 0.6) is 17.2 Å². The molecule has 2 bridgehead atoms. The average molecular weight is 563 g/mol. The predicted octanol–water partition coefficient (Wildman–Crippen LogP) is 4.61. The molecule has 1 spiro atoms. The third-order valence-corrected chi connectivity index (χ3v) is 10.6. The Hall–Kier alpha value is -2.61. The van der Waals surface area contributed by atoms with Crippen molar-refractivity contribution in [2.75, 3.05) is 33.7 Å². The monoisotopic (exact) mass is 562 g/mol. The molecule has 7 nitrogen and oxygen atoms in total. The highest BCUT2D eigenvalue weighted by molar-refractivity contribution is 5.90. The summed E-state index contributed by atoms with van der Waals surface area (Å²) in [5.41, 5.74) is 1.70. The fourth-order valence-electron chi connectivity index (χ4n) is 8.69. The van der Waals surface area contributed by atoms with E-state index < -0.39 is 17.1 Å². The van der Waals surface area contributed by atoms with Crippen molar-refractivity contribution in [2.24, 2.45) is 11.8 Å². The fourth-order valence-corrected chi connectivity index (χ4v) is 8.69. The number of phenolic OH excluding ortho intramolecular Hbond substituents is 2. The molecule has 3 aliphatic carbocycles. The van der Waals surface area contributed by atoms with Gasteiger partial charge in [0.2, 0.25) is 0 Å². The maximum Gasteiger partial charge on any atom is 0.174 e. The molecule has 3 fully saturated rings. The number of phenols is 2. The first-order valence-corrected chi connectivity index (χ1v) is 15.5. The van der Waals surface area contributed by atoms with Crippen molar-refractivity contribution in [3.63, 3.8) is 0 Å². The largest absolute Gasteiger partial charge is 0.508 e. The van der Waals surface area contributed by atoms with Crippen LogP contribution < -0.4 is 4.74 Å². The predicted molar refractivity (Wildman–Crippen MR) is 159 cm³/mol. The second-order valence-corrected chi connectivity index (χ2v) is 13.6. The number of hydrogen-bond donors (Lipinski definition) is 3. The molecule has 1 saturated heterocycles. The molecule has 5 aliphatic rings. The minimum absolute atomic E-state index is 0.0454. The zero-order chi connectivity index (χ0) is 29.1. The number of carbonyl (C=O) groups excluding carboxylic acids is 1. The normalized spacial score (nSPS) is 31.1. The number of likely N-dealkylation sites (tertiary alicyclic amines) is 1. The van der Waals surface area contributed by atoms with Crippen LogP contribution in [0.1, 0.15) is 75.0 Å². The highest BCUT2D eigenvalue weighted by Crippen LogP contribution is 2.64. The van der Waals surface area contributed by atoms with E-state index in [9.17, 15) is 20.1 Å². The van der Waals surface area contributed by atoms with Crippen molar-refractivity contribution in [2.45, 2.75) is 87.9 Å². The maximum absolute atomic E-state index is 12.7. The molecule has 7 heteroatoms. The van der Waals surface area contributed by atoms with E-state index in [1.54, 1.807) is 12.1 Å². The molecule has 0 aromatic heterocycles. The van der Waals surface area contributed by atoms with Gasteiger partial charge in [0.05, 0.1) is 11.0 Å². The van der Waals surface area contributed by atoms with E-state index in [0.29, 0.717) is 36.2 Å². The summed E-state index contributed by atoms with van der Waals surface area (Å²) in [5, 5.41) is 31.8. The van der Waals surface area contributed by atoms with E-state index in [0.717, 1.165) is 55.9 Å². The van der Waals surface area contributed by atoms with Gasteiger partial charge in [0, 0.05) is 31.1 Å². The summed E-state index contributed by atoms with van der Waals surface area (Å²) in [5.74, 6) is 2.88. The number of aliphatic hydroxyl groups is 1. The van der Waals surface area contributed by atoms with Crippen LogP contribution in [0.2, 0.25) is 0 Å². The zero-order valence-corrected chi connectivity index (χ0v) is 25.0. The highest BCUT2D eigenvalue weighted by atomic mass is 16.5. The first-order valence-electron chi connectivity index (χ1n) is 15.5. The first kappa shape index (κ1) is 28.5. The molecule has 0 unspecified atom stereocenters. The molecule has 41 heavy (non-hydrogen) atoms. The van der Waals surface area contributed by atoms with Gasteiger partial charge in [0.15, 0.2) is 23.4 Å². The van der Waals surface area contributed by atoms with Crippen LogP contribution in [0, 0.1) is 11.8 Å². The van der Waals surface area contributed by atoms with Crippen LogP contribution >= 0.6 is 0 Å². The van der Waals surface area contributed by atoms with Gasteiger partial charge >= 0.3 is 0 Å². The molecule has 7 rings (SSSR count). The summed E-state index contributed by atoms with van der Waals surface area (Å²) in [7, 11) is 4.21. The summed E-state index contributed by atoms with van der Waals surface area (Å²) < 4.78 is 6.04.